The molecule has 3 nitrogen and oxygen atoms in total. The monoisotopic (exact) mass is 184 g/mol. The fraction of sp³-hybridized carbons (Fsp3) is 0.333. The molecular weight excluding hydrogens is 171 g/mol. The van der Waals surface area contributed by atoms with Gasteiger partial charge in [0, 0.05) is 12.8 Å². The molecule has 1 aromatic carbocycles. The van der Waals surface area contributed by atoms with E-state index < -0.39 is 0 Å². The van der Waals surface area contributed by atoms with E-state index in [9.17, 15) is 4.39 Å². The average molecular weight is 184 g/mol. The zero-order valence-electron chi connectivity index (χ0n) is 7.46. The van der Waals surface area contributed by atoms with Crippen molar-refractivity contribution >= 4 is 5.69 Å². The summed E-state index contributed by atoms with van der Waals surface area (Å²) >= 11 is 0. The van der Waals surface area contributed by atoms with E-state index in [1.807, 2.05) is 0 Å². The highest BCUT2D eigenvalue weighted by Gasteiger charge is 2.09. The van der Waals surface area contributed by atoms with E-state index in [1.165, 1.54) is 25.3 Å². The molecule has 1 atom stereocenters. The fourth-order valence-corrected chi connectivity index (χ4v) is 1.14. The maximum atomic E-state index is 12.8. The third kappa shape index (κ3) is 2.40. The molecule has 0 aliphatic heterocycles. The third-order valence-electron chi connectivity index (χ3n) is 1.79. The highest BCUT2D eigenvalue weighted by molar-refractivity contribution is 5.48. The molecule has 4 N–H and O–H groups in total. The van der Waals surface area contributed by atoms with Crippen LogP contribution in [-0.4, -0.2) is 13.7 Å². The fourth-order valence-electron chi connectivity index (χ4n) is 1.14. The molecule has 0 amide bonds. The van der Waals surface area contributed by atoms with Crippen molar-refractivity contribution in [3.05, 3.63) is 29.6 Å². The van der Waals surface area contributed by atoms with Crippen molar-refractivity contribution in [3.8, 4) is 0 Å². The number of halogens is 1. The quantitative estimate of drug-likeness (QED) is 0.690. The molecule has 0 saturated carbocycles. The van der Waals surface area contributed by atoms with Gasteiger partial charge in [0.25, 0.3) is 0 Å². The van der Waals surface area contributed by atoms with Crippen LogP contribution in [0.5, 0.6) is 0 Å². The van der Waals surface area contributed by atoms with E-state index in [2.05, 4.69) is 0 Å². The van der Waals surface area contributed by atoms with Gasteiger partial charge in [-0.2, -0.15) is 0 Å². The summed E-state index contributed by atoms with van der Waals surface area (Å²) in [6.07, 6.45) is 0. The highest BCUT2D eigenvalue weighted by Crippen LogP contribution is 2.19. The number of anilines is 1. The first-order valence-electron chi connectivity index (χ1n) is 3.94. The van der Waals surface area contributed by atoms with Crippen LogP contribution in [0.25, 0.3) is 0 Å². The summed E-state index contributed by atoms with van der Waals surface area (Å²) in [5.41, 5.74) is 12.4. The van der Waals surface area contributed by atoms with Crippen LogP contribution in [-0.2, 0) is 4.74 Å². The van der Waals surface area contributed by atoms with Crippen LogP contribution in [0, 0.1) is 5.82 Å². The van der Waals surface area contributed by atoms with Gasteiger partial charge in [0.1, 0.15) is 5.82 Å². The second-order valence-electron chi connectivity index (χ2n) is 2.84. The SMILES string of the molecule is COC[C@@H](N)c1cc(F)ccc1N. The van der Waals surface area contributed by atoms with Crippen LogP contribution >= 0.6 is 0 Å². The Morgan fingerprint density at radius 2 is 2.23 bits per heavy atom. The van der Waals surface area contributed by atoms with Crippen molar-refractivity contribution in [1.82, 2.24) is 0 Å². The van der Waals surface area contributed by atoms with Crippen LogP contribution in [0.15, 0.2) is 18.2 Å². The van der Waals surface area contributed by atoms with E-state index >= 15 is 0 Å². The maximum absolute atomic E-state index is 12.8. The summed E-state index contributed by atoms with van der Waals surface area (Å²) in [5, 5.41) is 0. The summed E-state index contributed by atoms with van der Waals surface area (Å²) in [6, 6.07) is 3.76. The standard InChI is InChI=1S/C9H13FN2O/c1-13-5-9(12)7-4-6(10)2-3-8(7)11/h2-4,9H,5,11-12H2,1H3/t9-/m1/s1. The van der Waals surface area contributed by atoms with Gasteiger partial charge < -0.3 is 16.2 Å². The van der Waals surface area contributed by atoms with Crippen molar-refractivity contribution < 1.29 is 9.13 Å². The Hall–Kier alpha value is -1.13. The first kappa shape index (κ1) is 9.95. The van der Waals surface area contributed by atoms with Gasteiger partial charge in [0.2, 0.25) is 0 Å². The number of benzene rings is 1. The third-order valence-corrected chi connectivity index (χ3v) is 1.79. The minimum absolute atomic E-state index is 0.327. The van der Waals surface area contributed by atoms with Gasteiger partial charge in [-0.15, -0.1) is 0 Å². The first-order valence-corrected chi connectivity index (χ1v) is 3.94. The molecule has 72 valence electrons. The number of hydrogen-bond acceptors (Lipinski definition) is 3. The minimum Gasteiger partial charge on any atom is -0.398 e. The summed E-state index contributed by atoms with van der Waals surface area (Å²) in [5.74, 6) is -0.337. The van der Waals surface area contributed by atoms with Crippen LogP contribution < -0.4 is 11.5 Å². The lowest BCUT2D eigenvalue weighted by Crippen LogP contribution is -2.17. The Labute approximate surface area is 76.5 Å². The number of ether oxygens (including phenoxy) is 1. The molecular formula is C9H13FN2O. The molecule has 1 rings (SSSR count). The van der Waals surface area contributed by atoms with E-state index in [0.29, 0.717) is 17.9 Å². The van der Waals surface area contributed by atoms with Gasteiger partial charge in [0.05, 0.1) is 12.6 Å². The summed E-state index contributed by atoms with van der Waals surface area (Å²) in [7, 11) is 1.54. The molecule has 4 heteroatoms. The molecule has 13 heavy (non-hydrogen) atoms. The Bertz CT molecular complexity index is 291. The molecule has 0 aromatic heterocycles. The molecule has 0 unspecified atom stereocenters. The normalized spacial score (nSPS) is 12.8. The Morgan fingerprint density at radius 3 is 2.85 bits per heavy atom. The molecule has 0 aliphatic rings. The molecule has 0 radical (unpaired) electrons. The van der Waals surface area contributed by atoms with Crippen molar-refractivity contribution in [1.29, 1.82) is 0 Å². The van der Waals surface area contributed by atoms with Crippen LogP contribution in [0.1, 0.15) is 11.6 Å². The van der Waals surface area contributed by atoms with Gasteiger partial charge in [-0.1, -0.05) is 0 Å². The molecule has 0 aliphatic carbocycles. The Kier molecular flexibility index (Phi) is 3.22. The molecule has 0 fully saturated rings. The highest BCUT2D eigenvalue weighted by atomic mass is 19.1. The number of nitrogen functional groups attached to an aromatic ring is 1. The van der Waals surface area contributed by atoms with Gasteiger partial charge in [0.15, 0.2) is 0 Å². The number of methoxy groups -OCH3 is 1. The lowest BCUT2D eigenvalue weighted by molar-refractivity contribution is 0.181. The first-order chi connectivity index (χ1) is 6.15. The van der Waals surface area contributed by atoms with Crippen molar-refractivity contribution in [2.45, 2.75) is 6.04 Å². The molecule has 0 heterocycles. The summed E-state index contributed by atoms with van der Waals surface area (Å²) < 4.78 is 17.6. The van der Waals surface area contributed by atoms with E-state index in [-0.39, 0.29) is 11.9 Å². The Balaban J connectivity index is 2.91. The van der Waals surface area contributed by atoms with Crippen LogP contribution in [0.2, 0.25) is 0 Å². The Morgan fingerprint density at radius 1 is 1.54 bits per heavy atom. The van der Waals surface area contributed by atoms with Gasteiger partial charge in [-0.3, -0.25) is 0 Å². The van der Waals surface area contributed by atoms with Gasteiger partial charge in [-0.25, -0.2) is 4.39 Å². The number of hydrogen-bond donors (Lipinski definition) is 2. The van der Waals surface area contributed by atoms with Crippen LogP contribution in [0.3, 0.4) is 0 Å². The molecule has 0 spiro atoms. The van der Waals surface area contributed by atoms with Crippen molar-refractivity contribution in [3.63, 3.8) is 0 Å². The van der Waals surface area contributed by atoms with Crippen LogP contribution in [0.4, 0.5) is 10.1 Å². The van der Waals surface area contributed by atoms with E-state index in [4.69, 9.17) is 16.2 Å². The minimum atomic E-state index is -0.374. The average Bonchev–Trinajstić information content (AvgIpc) is 2.09. The van der Waals surface area contributed by atoms with Crippen molar-refractivity contribution in [2.75, 3.05) is 19.5 Å². The lowest BCUT2D eigenvalue weighted by atomic mass is 10.1. The van der Waals surface area contributed by atoms with Gasteiger partial charge >= 0.3 is 0 Å². The van der Waals surface area contributed by atoms with Gasteiger partial charge in [-0.05, 0) is 23.8 Å². The second-order valence-corrected chi connectivity index (χ2v) is 2.84. The van der Waals surface area contributed by atoms with E-state index in [1.54, 1.807) is 0 Å². The largest absolute Gasteiger partial charge is 0.398 e. The lowest BCUT2D eigenvalue weighted by Gasteiger charge is -2.13. The number of nitrogens with two attached hydrogens (primary N) is 2. The molecule has 1 aromatic rings. The molecule has 0 bridgehead atoms. The predicted octanol–water partition coefficient (Wildman–Crippen LogP) is 1.05. The maximum Gasteiger partial charge on any atom is 0.123 e. The van der Waals surface area contributed by atoms with E-state index in [0.717, 1.165) is 0 Å². The summed E-state index contributed by atoms with van der Waals surface area (Å²) in [4.78, 5) is 0. The summed E-state index contributed by atoms with van der Waals surface area (Å²) in [6.45, 7) is 0.327. The smallest absolute Gasteiger partial charge is 0.123 e. The zero-order valence-corrected chi connectivity index (χ0v) is 7.46. The second kappa shape index (κ2) is 4.20. The predicted molar refractivity (Wildman–Crippen MR) is 49.6 cm³/mol. The molecule has 0 saturated heterocycles. The topological polar surface area (TPSA) is 61.3 Å². The van der Waals surface area contributed by atoms with Crippen molar-refractivity contribution in [2.24, 2.45) is 5.73 Å². The number of rotatable bonds is 3. The zero-order chi connectivity index (χ0) is 9.84.